The number of carbonyl (C=O) groups excluding carboxylic acids is 1. The lowest BCUT2D eigenvalue weighted by Gasteiger charge is -2.12. The molecule has 0 aromatic heterocycles. The van der Waals surface area contributed by atoms with Crippen molar-refractivity contribution in [2.24, 2.45) is 0 Å². The standard InChI is InChI=1S/C17H15ClN2OS/c1-11-4-3-5-15(8-11)22-12(2)17(21)20-14-7-6-13(10-19)16(18)9-14/h3-9,12H,1-2H3,(H,20,21). The monoisotopic (exact) mass is 330 g/mol. The van der Waals surface area contributed by atoms with Crippen molar-refractivity contribution in [3.63, 3.8) is 0 Å². The molecular weight excluding hydrogens is 316 g/mol. The zero-order valence-corrected chi connectivity index (χ0v) is 13.8. The number of thioether (sulfide) groups is 1. The number of hydrogen-bond donors (Lipinski definition) is 1. The Kier molecular flexibility index (Phi) is 5.48. The van der Waals surface area contributed by atoms with E-state index in [1.165, 1.54) is 11.8 Å². The number of carbonyl (C=O) groups is 1. The SMILES string of the molecule is Cc1cccc(SC(C)C(=O)Nc2ccc(C#N)c(Cl)c2)c1. The highest BCUT2D eigenvalue weighted by Crippen LogP contribution is 2.26. The number of halogens is 1. The smallest absolute Gasteiger partial charge is 0.237 e. The van der Waals surface area contributed by atoms with Gasteiger partial charge >= 0.3 is 0 Å². The van der Waals surface area contributed by atoms with Crippen LogP contribution < -0.4 is 5.32 Å². The number of anilines is 1. The first-order chi connectivity index (χ1) is 10.5. The zero-order chi connectivity index (χ0) is 16.1. The quantitative estimate of drug-likeness (QED) is 0.831. The highest BCUT2D eigenvalue weighted by Gasteiger charge is 2.15. The van der Waals surface area contributed by atoms with Crippen LogP contribution in [0.2, 0.25) is 5.02 Å². The molecule has 0 radical (unpaired) electrons. The van der Waals surface area contributed by atoms with Crippen LogP contribution in [-0.2, 0) is 4.79 Å². The molecule has 0 fully saturated rings. The van der Waals surface area contributed by atoms with Crippen LogP contribution in [0.4, 0.5) is 5.69 Å². The first kappa shape index (κ1) is 16.4. The summed E-state index contributed by atoms with van der Waals surface area (Å²) in [5, 5.41) is 11.7. The number of benzene rings is 2. The Balaban J connectivity index is 2.02. The summed E-state index contributed by atoms with van der Waals surface area (Å²) in [6, 6.07) is 14.9. The van der Waals surface area contributed by atoms with Gasteiger partial charge < -0.3 is 5.32 Å². The van der Waals surface area contributed by atoms with Crippen molar-refractivity contribution < 1.29 is 4.79 Å². The molecule has 2 aromatic carbocycles. The second-order valence-electron chi connectivity index (χ2n) is 4.87. The van der Waals surface area contributed by atoms with Crippen LogP contribution in [0.25, 0.3) is 0 Å². The summed E-state index contributed by atoms with van der Waals surface area (Å²) >= 11 is 7.46. The van der Waals surface area contributed by atoms with Crippen LogP contribution >= 0.6 is 23.4 Å². The van der Waals surface area contributed by atoms with E-state index in [4.69, 9.17) is 16.9 Å². The molecule has 5 heteroatoms. The molecule has 0 aliphatic rings. The topological polar surface area (TPSA) is 52.9 Å². The van der Waals surface area contributed by atoms with Gasteiger partial charge in [-0.25, -0.2) is 0 Å². The third-order valence-corrected chi connectivity index (χ3v) is 4.44. The van der Waals surface area contributed by atoms with Gasteiger partial charge in [-0.1, -0.05) is 29.3 Å². The van der Waals surface area contributed by atoms with E-state index in [-0.39, 0.29) is 11.2 Å². The molecule has 3 nitrogen and oxygen atoms in total. The first-order valence-corrected chi connectivity index (χ1v) is 7.99. The van der Waals surface area contributed by atoms with Crippen LogP contribution in [0.3, 0.4) is 0 Å². The summed E-state index contributed by atoms with van der Waals surface area (Å²) in [6.07, 6.45) is 0. The van der Waals surface area contributed by atoms with Crippen LogP contribution in [0, 0.1) is 18.3 Å². The van der Waals surface area contributed by atoms with Gasteiger partial charge in [0.25, 0.3) is 0 Å². The molecule has 0 saturated heterocycles. The van der Waals surface area contributed by atoms with Crippen molar-refractivity contribution in [3.8, 4) is 6.07 Å². The number of amides is 1. The molecule has 1 atom stereocenters. The van der Waals surface area contributed by atoms with Gasteiger partial charge in [0.2, 0.25) is 5.91 Å². The van der Waals surface area contributed by atoms with E-state index in [9.17, 15) is 4.79 Å². The van der Waals surface area contributed by atoms with Crippen LogP contribution in [0.15, 0.2) is 47.4 Å². The number of nitrogens with zero attached hydrogens (tertiary/aromatic N) is 1. The lowest BCUT2D eigenvalue weighted by Crippen LogP contribution is -2.22. The molecule has 2 aromatic rings. The summed E-state index contributed by atoms with van der Waals surface area (Å²) in [4.78, 5) is 13.3. The summed E-state index contributed by atoms with van der Waals surface area (Å²) in [7, 11) is 0. The van der Waals surface area contributed by atoms with Gasteiger partial charge in [0.05, 0.1) is 15.8 Å². The molecule has 0 aliphatic heterocycles. The Morgan fingerprint density at radius 2 is 2.09 bits per heavy atom. The van der Waals surface area contributed by atoms with Gasteiger partial charge in [0.1, 0.15) is 6.07 Å². The van der Waals surface area contributed by atoms with Gasteiger partial charge in [0, 0.05) is 10.6 Å². The Morgan fingerprint density at radius 1 is 1.32 bits per heavy atom. The van der Waals surface area contributed by atoms with Gasteiger partial charge in [0.15, 0.2) is 0 Å². The normalized spacial score (nSPS) is 11.5. The number of aryl methyl sites for hydroxylation is 1. The van der Waals surface area contributed by atoms with E-state index in [1.807, 2.05) is 44.2 Å². The summed E-state index contributed by atoms with van der Waals surface area (Å²) in [6.45, 7) is 3.88. The molecule has 0 saturated carbocycles. The van der Waals surface area contributed by atoms with Gasteiger partial charge in [-0.2, -0.15) is 5.26 Å². The number of nitriles is 1. The molecule has 1 unspecified atom stereocenters. The minimum atomic E-state index is -0.240. The molecule has 1 amide bonds. The van der Waals surface area contributed by atoms with Gasteiger partial charge in [-0.05, 0) is 44.2 Å². The summed E-state index contributed by atoms with van der Waals surface area (Å²) in [5.74, 6) is -0.104. The average molecular weight is 331 g/mol. The van der Waals surface area contributed by atoms with Crippen molar-refractivity contribution in [2.45, 2.75) is 24.0 Å². The highest BCUT2D eigenvalue weighted by atomic mass is 35.5. The second-order valence-corrected chi connectivity index (χ2v) is 6.69. The van der Waals surface area contributed by atoms with Gasteiger partial charge in [-0.3, -0.25) is 4.79 Å². The van der Waals surface area contributed by atoms with Crippen molar-refractivity contribution in [2.75, 3.05) is 5.32 Å². The van der Waals surface area contributed by atoms with Crippen LogP contribution in [0.5, 0.6) is 0 Å². The molecule has 1 N–H and O–H groups in total. The minimum Gasteiger partial charge on any atom is -0.325 e. The minimum absolute atomic E-state index is 0.104. The molecule has 22 heavy (non-hydrogen) atoms. The van der Waals surface area contributed by atoms with Gasteiger partial charge in [-0.15, -0.1) is 11.8 Å². The van der Waals surface area contributed by atoms with Crippen LogP contribution in [-0.4, -0.2) is 11.2 Å². The Morgan fingerprint density at radius 3 is 2.73 bits per heavy atom. The third-order valence-electron chi connectivity index (χ3n) is 3.03. The second kappa shape index (κ2) is 7.35. The fourth-order valence-corrected chi connectivity index (χ4v) is 3.08. The Bertz CT molecular complexity index is 740. The lowest BCUT2D eigenvalue weighted by atomic mass is 10.2. The summed E-state index contributed by atoms with van der Waals surface area (Å²) in [5.41, 5.74) is 2.14. The first-order valence-electron chi connectivity index (χ1n) is 6.73. The maximum atomic E-state index is 12.2. The van der Waals surface area contributed by atoms with Crippen molar-refractivity contribution in [1.29, 1.82) is 5.26 Å². The molecule has 0 bridgehead atoms. The zero-order valence-electron chi connectivity index (χ0n) is 12.3. The van der Waals surface area contributed by atoms with E-state index in [0.29, 0.717) is 16.3 Å². The van der Waals surface area contributed by atoms with Crippen molar-refractivity contribution in [1.82, 2.24) is 0 Å². The highest BCUT2D eigenvalue weighted by molar-refractivity contribution is 8.00. The molecule has 0 spiro atoms. The van der Waals surface area contributed by atoms with E-state index in [2.05, 4.69) is 5.32 Å². The molecule has 112 valence electrons. The number of hydrogen-bond acceptors (Lipinski definition) is 3. The number of nitrogens with one attached hydrogen (secondary N) is 1. The maximum Gasteiger partial charge on any atom is 0.237 e. The molecule has 0 aliphatic carbocycles. The molecular formula is C17H15ClN2OS. The van der Waals surface area contributed by atoms with E-state index < -0.39 is 0 Å². The molecule has 0 heterocycles. The number of rotatable bonds is 4. The van der Waals surface area contributed by atoms with E-state index >= 15 is 0 Å². The lowest BCUT2D eigenvalue weighted by molar-refractivity contribution is -0.115. The Hall–Kier alpha value is -1.96. The van der Waals surface area contributed by atoms with Crippen molar-refractivity contribution >= 4 is 35.0 Å². The Labute approximate surface area is 139 Å². The maximum absolute atomic E-state index is 12.2. The average Bonchev–Trinajstić information content (AvgIpc) is 2.47. The fourth-order valence-electron chi connectivity index (χ4n) is 1.87. The fraction of sp³-hybridized carbons (Fsp3) is 0.176. The molecule has 2 rings (SSSR count). The predicted octanol–water partition coefficient (Wildman–Crippen LogP) is 4.64. The summed E-state index contributed by atoms with van der Waals surface area (Å²) < 4.78 is 0. The van der Waals surface area contributed by atoms with E-state index in [1.54, 1.807) is 18.2 Å². The largest absolute Gasteiger partial charge is 0.325 e. The van der Waals surface area contributed by atoms with Crippen molar-refractivity contribution in [3.05, 3.63) is 58.6 Å². The predicted molar refractivity (Wildman–Crippen MR) is 91.3 cm³/mol. The third kappa shape index (κ3) is 4.27. The van der Waals surface area contributed by atoms with Crippen LogP contribution in [0.1, 0.15) is 18.1 Å². The van der Waals surface area contributed by atoms with E-state index in [0.717, 1.165) is 10.5 Å².